The monoisotopic (exact) mass is 262 g/mol. The molecule has 19 heavy (non-hydrogen) atoms. The highest BCUT2D eigenvalue weighted by Gasteiger charge is 2.23. The number of primary amides is 1. The Balaban J connectivity index is 1.96. The maximum Gasteiger partial charge on any atom is 0.316 e. The van der Waals surface area contributed by atoms with Gasteiger partial charge in [0.2, 0.25) is 0 Å². The predicted molar refractivity (Wildman–Crippen MR) is 78.1 cm³/mol. The van der Waals surface area contributed by atoms with Gasteiger partial charge >= 0.3 is 6.03 Å². The highest BCUT2D eigenvalue weighted by atomic mass is 16.2. The SMILES string of the molecule is NCC1CCCCC1Nc1ccc(NC(N)=O)cc1. The van der Waals surface area contributed by atoms with E-state index in [1.807, 2.05) is 24.3 Å². The minimum absolute atomic E-state index is 0.452. The van der Waals surface area contributed by atoms with E-state index in [0.29, 0.717) is 17.6 Å². The molecule has 5 heteroatoms. The fraction of sp³-hybridized carbons (Fsp3) is 0.500. The van der Waals surface area contributed by atoms with Crippen LogP contribution in [0.3, 0.4) is 0 Å². The molecule has 0 radical (unpaired) electrons. The molecule has 2 atom stereocenters. The summed E-state index contributed by atoms with van der Waals surface area (Å²) in [5.74, 6) is 0.553. The van der Waals surface area contributed by atoms with Crippen LogP contribution in [0, 0.1) is 5.92 Å². The zero-order chi connectivity index (χ0) is 13.7. The van der Waals surface area contributed by atoms with Gasteiger partial charge in [-0.2, -0.15) is 0 Å². The second kappa shape index (κ2) is 6.43. The van der Waals surface area contributed by atoms with Gasteiger partial charge in [0, 0.05) is 17.4 Å². The summed E-state index contributed by atoms with van der Waals surface area (Å²) in [5.41, 5.74) is 12.7. The first-order valence-electron chi connectivity index (χ1n) is 6.82. The van der Waals surface area contributed by atoms with E-state index in [0.717, 1.165) is 12.2 Å². The van der Waals surface area contributed by atoms with Gasteiger partial charge in [-0.05, 0) is 49.6 Å². The number of urea groups is 1. The molecule has 1 aliphatic carbocycles. The van der Waals surface area contributed by atoms with E-state index in [9.17, 15) is 4.79 Å². The Bertz CT molecular complexity index is 418. The number of carbonyl (C=O) groups is 1. The Morgan fingerprint density at radius 2 is 1.79 bits per heavy atom. The molecule has 1 aliphatic rings. The Labute approximate surface area is 113 Å². The van der Waals surface area contributed by atoms with Gasteiger partial charge in [0.1, 0.15) is 0 Å². The van der Waals surface area contributed by atoms with Crippen LogP contribution in [0.15, 0.2) is 24.3 Å². The number of hydrogen-bond acceptors (Lipinski definition) is 3. The second-order valence-electron chi connectivity index (χ2n) is 5.10. The van der Waals surface area contributed by atoms with Gasteiger partial charge in [-0.1, -0.05) is 12.8 Å². The number of benzene rings is 1. The summed E-state index contributed by atoms with van der Waals surface area (Å²) in [5, 5.41) is 6.09. The lowest BCUT2D eigenvalue weighted by atomic mass is 9.84. The largest absolute Gasteiger partial charge is 0.382 e. The molecule has 5 nitrogen and oxygen atoms in total. The lowest BCUT2D eigenvalue weighted by Gasteiger charge is -2.32. The molecule has 2 amide bonds. The first-order chi connectivity index (χ1) is 9.19. The van der Waals surface area contributed by atoms with Crippen LogP contribution in [0.4, 0.5) is 16.2 Å². The van der Waals surface area contributed by atoms with Crippen molar-refractivity contribution in [1.29, 1.82) is 0 Å². The molecule has 0 spiro atoms. The summed E-state index contributed by atoms with van der Waals surface area (Å²) < 4.78 is 0. The molecule has 0 heterocycles. The summed E-state index contributed by atoms with van der Waals surface area (Å²) in [6.07, 6.45) is 4.91. The van der Waals surface area contributed by atoms with Crippen molar-refractivity contribution in [3.63, 3.8) is 0 Å². The highest BCUT2D eigenvalue weighted by Crippen LogP contribution is 2.27. The second-order valence-corrected chi connectivity index (χ2v) is 5.10. The normalized spacial score (nSPS) is 22.8. The molecule has 2 unspecified atom stereocenters. The minimum Gasteiger partial charge on any atom is -0.382 e. The zero-order valence-electron chi connectivity index (χ0n) is 11.1. The van der Waals surface area contributed by atoms with Gasteiger partial charge < -0.3 is 22.1 Å². The minimum atomic E-state index is -0.545. The first kappa shape index (κ1) is 13.7. The van der Waals surface area contributed by atoms with E-state index in [4.69, 9.17) is 11.5 Å². The molecule has 0 aliphatic heterocycles. The lowest BCUT2D eigenvalue weighted by Crippen LogP contribution is -2.36. The Kier molecular flexibility index (Phi) is 4.63. The Morgan fingerprint density at radius 1 is 1.16 bits per heavy atom. The number of carbonyl (C=O) groups excluding carboxylic acids is 1. The van der Waals surface area contributed by atoms with E-state index < -0.39 is 6.03 Å². The van der Waals surface area contributed by atoms with Crippen molar-refractivity contribution < 1.29 is 4.79 Å². The molecule has 2 rings (SSSR count). The average molecular weight is 262 g/mol. The molecular formula is C14H22N4O. The summed E-state index contributed by atoms with van der Waals surface area (Å²) in [7, 11) is 0. The fourth-order valence-electron chi connectivity index (χ4n) is 2.69. The van der Waals surface area contributed by atoms with Crippen LogP contribution in [0.1, 0.15) is 25.7 Å². The van der Waals surface area contributed by atoms with Crippen LogP contribution < -0.4 is 22.1 Å². The number of nitrogens with one attached hydrogen (secondary N) is 2. The number of nitrogens with two attached hydrogens (primary N) is 2. The third-order valence-electron chi connectivity index (χ3n) is 3.72. The molecule has 1 aromatic carbocycles. The Hall–Kier alpha value is -1.75. The molecule has 1 fully saturated rings. The van der Waals surface area contributed by atoms with Crippen LogP contribution in [0.25, 0.3) is 0 Å². The number of rotatable bonds is 4. The summed E-state index contributed by atoms with van der Waals surface area (Å²) >= 11 is 0. The Morgan fingerprint density at radius 3 is 2.42 bits per heavy atom. The summed E-state index contributed by atoms with van der Waals surface area (Å²) in [6.45, 7) is 0.735. The maximum absolute atomic E-state index is 10.7. The van der Waals surface area contributed by atoms with E-state index >= 15 is 0 Å². The van der Waals surface area contributed by atoms with Crippen LogP contribution in [-0.4, -0.2) is 18.6 Å². The van der Waals surface area contributed by atoms with Gasteiger partial charge in [-0.25, -0.2) is 4.79 Å². The molecule has 104 valence electrons. The van der Waals surface area contributed by atoms with Crippen LogP contribution in [0.2, 0.25) is 0 Å². The number of anilines is 2. The van der Waals surface area contributed by atoms with E-state index in [1.54, 1.807) is 0 Å². The molecule has 0 saturated heterocycles. The van der Waals surface area contributed by atoms with Crippen molar-refractivity contribution >= 4 is 17.4 Å². The standard InChI is InChI=1S/C14H22N4O/c15-9-10-3-1-2-4-13(10)17-11-5-7-12(8-6-11)18-14(16)19/h5-8,10,13,17H,1-4,9,15H2,(H3,16,18,19). The van der Waals surface area contributed by atoms with Crippen molar-refractivity contribution in [2.24, 2.45) is 17.4 Å². The van der Waals surface area contributed by atoms with E-state index in [1.165, 1.54) is 25.7 Å². The smallest absolute Gasteiger partial charge is 0.316 e. The molecular weight excluding hydrogens is 240 g/mol. The van der Waals surface area contributed by atoms with Gasteiger partial charge in [-0.3, -0.25) is 0 Å². The van der Waals surface area contributed by atoms with E-state index in [2.05, 4.69) is 10.6 Å². The molecule has 0 bridgehead atoms. The van der Waals surface area contributed by atoms with Crippen LogP contribution >= 0.6 is 0 Å². The molecule has 1 aromatic rings. The highest BCUT2D eigenvalue weighted by molar-refractivity contribution is 5.87. The summed E-state index contributed by atoms with van der Waals surface area (Å²) in [4.78, 5) is 10.7. The van der Waals surface area contributed by atoms with Crippen LogP contribution in [0.5, 0.6) is 0 Å². The summed E-state index contributed by atoms with van der Waals surface area (Å²) in [6, 6.07) is 7.49. The third-order valence-corrected chi connectivity index (χ3v) is 3.72. The first-order valence-corrected chi connectivity index (χ1v) is 6.82. The lowest BCUT2D eigenvalue weighted by molar-refractivity contribution is 0.259. The van der Waals surface area contributed by atoms with Crippen molar-refractivity contribution in [3.05, 3.63) is 24.3 Å². The zero-order valence-corrected chi connectivity index (χ0v) is 11.1. The fourth-order valence-corrected chi connectivity index (χ4v) is 2.69. The van der Waals surface area contributed by atoms with Gasteiger partial charge in [-0.15, -0.1) is 0 Å². The maximum atomic E-state index is 10.7. The third kappa shape index (κ3) is 3.86. The van der Waals surface area contributed by atoms with Gasteiger partial charge in [0.15, 0.2) is 0 Å². The van der Waals surface area contributed by atoms with Gasteiger partial charge in [0.05, 0.1) is 0 Å². The molecule has 6 N–H and O–H groups in total. The quantitative estimate of drug-likeness (QED) is 0.669. The van der Waals surface area contributed by atoms with Crippen molar-refractivity contribution in [2.75, 3.05) is 17.2 Å². The average Bonchev–Trinajstić information content (AvgIpc) is 2.41. The topological polar surface area (TPSA) is 93.2 Å². The van der Waals surface area contributed by atoms with Crippen LogP contribution in [-0.2, 0) is 0 Å². The van der Waals surface area contributed by atoms with Crippen molar-refractivity contribution in [1.82, 2.24) is 0 Å². The van der Waals surface area contributed by atoms with Crippen molar-refractivity contribution in [2.45, 2.75) is 31.7 Å². The van der Waals surface area contributed by atoms with Gasteiger partial charge in [0.25, 0.3) is 0 Å². The molecule has 0 aromatic heterocycles. The van der Waals surface area contributed by atoms with Crippen molar-refractivity contribution in [3.8, 4) is 0 Å². The number of hydrogen-bond donors (Lipinski definition) is 4. The predicted octanol–water partition coefficient (Wildman–Crippen LogP) is 2.11. The number of amides is 2. The molecule has 1 saturated carbocycles. The van der Waals surface area contributed by atoms with E-state index in [-0.39, 0.29) is 0 Å².